The number of benzene rings is 2. The van der Waals surface area contributed by atoms with Gasteiger partial charge in [-0.1, -0.05) is 30.3 Å². The van der Waals surface area contributed by atoms with Crippen molar-refractivity contribution in [3.8, 4) is 0 Å². The zero-order valence-electron chi connectivity index (χ0n) is 8.94. The third-order valence-electron chi connectivity index (χ3n) is 2.32. The molecule has 3 heteroatoms. The molecule has 2 N–H and O–H groups in total. The van der Waals surface area contributed by atoms with Crippen LogP contribution in [0.4, 0.5) is 0 Å². The Labute approximate surface area is 104 Å². The molecule has 1 atom stereocenters. The second kappa shape index (κ2) is 6.65. The molecule has 2 aromatic rings. The van der Waals surface area contributed by atoms with Crippen molar-refractivity contribution in [3.63, 3.8) is 0 Å². The van der Waals surface area contributed by atoms with Crippen LogP contribution in [0.5, 0.6) is 0 Å². The zero-order chi connectivity index (χ0) is 10.5. The van der Waals surface area contributed by atoms with Gasteiger partial charge in [-0.3, -0.25) is 0 Å². The van der Waals surface area contributed by atoms with Crippen LogP contribution < -0.4 is 28.7 Å². The van der Waals surface area contributed by atoms with Gasteiger partial charge in [-0.05, 0) is 29.8 Å². The van der Waals surface area contributed by atoms with Crippen molar-refractivity contribution in [2.75, 3.05) is 0 Å². The SMILES string of the molecule is NCc1cccc([PH2+]c2ccccc2)c1.[Cl-]. The lowest BCUT2D eigenvalue weighted by molar-refractivity contribution is -0.00000294. The van der Waals surface area contributed by atoms with E-state index in [0.717, 1.165) is 0 Å². The molecular weight excluding hydrogens is 237 g/mol. The molecule has 0 aliphatic heterocycles. The molecule has 0 saturated carbocycles. The van der Waals surface area contributed by atoms with E-state index in [1.807, 2.05) is 0 Å². The summed E-state index contributed by atoms with van der Waals surface area (Å²) in [6.07, 6.45) is 0. The first-order chi connectivity index (χ1) is 7.38. The lowest BCUT2D eigenvalue weighted by Gasteiger charge is -1.98. The Morgan fingerprint density at radius 2 is 1.56 bits per heavy atom. The Morgan fingerprint density at radius 1 is 0.875 bits per heavy atom. The van der Waals surface area contributed by atoms with Gasteiger partial charge in [-0.25, -0.2) is 0 Å². The number of halogens is 1. The molecule has 0 saturated heterocycles. The van der Waals surface area contributed by atoms with Gasteiger partial charge in [0.15, 0.2) is 0 Å². The molecule has 0 bridgehead atoms. The topological polar surface area (TPSA) is 26.0 Å². The van der Waals surface area contributed by atoms with Crippen LogP contribution in [0, 0.1) is 0 Å². The smallest absolute Gasteiger partial charge is 0.0945 e. The van der Waals surface area contributed by atoms with Crippen LogP contribution in [0.25, 0.3) is 0 Å². The molecule has 0 aliphatic carbocycles. The van der Waals surface area contributed by atoms with E-state index in [2.05, 4.69) is 54.6 Å². The van der Waals surface area contributed by atoms with Crippen LogP contribution in [-0.4, -0.2) is 0 Å². The Morgan fingerprint density at radius 3 is 2.25 bits per heavy atom. The maximum Gasteiger partial charge on any atom is 0.0945 e. The molecule has 0 heterocycles. The van der Waals surface area contributed by atoms with E-state index in [9.17, 15) is 0 Å². The fourth-order valence-electron chi connectivity index (χ4n) is 1.55. The molecule has 0 aromatic heterocycles. The molecule has 0 amide bonds. The second-order valence-corrected chi connectivity index (χ2v) is 5.13. The first-order valence-corrected chi connectivity index (χ1v) is 6.23. The zero-order valence-corrected chi connectivity index (χ0v) is 10.8. The van der Waals surface area contributed by atoms with Gasteiger partial charge in [0.25, 0.3) is 0 Å². The lowest BCUT2D eigenvalue weighted by Crippen LogP contribution is -3.00. The van der Waals surface area contributed by atoms with Crippen LogP contribution in [0.3, 0.4) is 0 Å². The Bertz CT molecular complexity index is 431. The van der Waals surface area contributed by atoms with Crippen molar-refractivity contribution in [1.82, 2.24) is 0 Å². The number of rotatable bonds is 3. The molecule has 0 fully saturated rings. The Kier molecular flexibility index (Phi) is 5.48. The molecule has 2 aromatic carbocycles. The van der Waals surface area contributed by atoms with Crippen molar-refractivity contribution in [3.05, 3.63) is 60.2 Å². The molecule has 0 radical (unpaired) electrons. The van der Waals surface area contributed by atoms with Crippen molar-refractivity contribution in [2.24, 2.45) is 5.73 Å². The van der Waals surface area contributed by atoms with Gasteiger partial charge in [0.2, 0.25) is 0 Å². The predicted molar refractivity (Wildman–Crippen MR) is 69.8 cm³/mol. The van der Waals surface area contributed by atoms with Crippen molar-refractivity contribution < 1.29 is 12.4 Å². The minimum absolute atomic E-state index is 0. The monoisotopic (exact) mass is 251 g/mol. The summed E-state index contributed by atoms with van der Waals surface area (Å²) < 4.78 is 0. The van der Waals surface area contributed by atoms with E-state index >= 15 is 0 Å². The van der Waals surface area contributed by atoms with E-state index in [-0.39, 0.29) is 21.0 Å². The summed E-state index contributed by atoms with van der Waals surface area (Å²) in [6, 6.07) is 19.2. The van der Waals surface area contributed by atoms with Crippen LogP contribution in [0.2, 0.25) is 0 Å². The van der Waals surface area contributed by atoms with Crippen LogP contribution >= 0.6 is 8.58 Å². The summed E-state index contributed by atoms with van der Waals surface area (Å²) in [6.45, 7) is 0.627. The highest BCUT2D eigenvalue weighted by Crippen LogP contribution is 2.10. The largest absolute Gasteiger partial charge is 1.00 e. The summed E-state index contributed by atoms with van der Waals surface area (Å²) in [4.78, 5) is 0. The first-order valence-electron chi connectivity index (χ1n) is 5.07. The summed E-state index contributed by atoms with van der Waals surface area (Å²) >= 11 is 0. The average molecular weight is 252 g/mol. The maximum atomic E-state index is 5.62. The quantitative estimate of drug-likeness (QED) is 0.661. The van der Waals surface area contributed by atoms with Gasteiger partial charge < -0.3 is 18.1 Å². The number of hydrogen-bond acceptors (Lipinski definition) is 1. The third-order valence-corrected chi connectivity index (χ3v) is 3.73. The first kappa shape index (κ1) is 13.2. The van der Waals surface area contributed by atoms with Gasteiger partial charge in [-0.15, -0.1) is 0 Å². The average Bonchev–Trinajstić information content (AvgIpc) is 2.31. The van der Waals surface area contributed by atoms with E-state index in [0.29, 0.717) is 6.54 Å². The second-order valence-electron chi connectivity index (χ2n) is 3.50. The van der Waals surface area contributed by atoms with Gasteiger partial charge >= 0.3 is 0 Å². The highest BCUT2D eigenvalue weighted by Gasteiger charge is 2.03. The third kappa shape index (κ3) is 3.61. The standard InChI is InChI=1S/C13H14NP.ClH/c14-10-11-5-4-8-13(9-11)15-12-6-2-1-3-7-12;/h1-9,15H,10,14H2;1H. The Balaban J connectivity index is 0.00000128. The van der Waals surface area contributed by atoms with E-state index < -0.39 is 0 Å². The minimum Gasteiger partial charge on any atom is -1.00 e. The highest BCUT2D eigenvalue weighted by atomic mass is 35.5. The molecule has 16 heavy (non-hydrogen) atoms. The van der Waals surface area contributed by atoms with Crippen LogP contribution in [0.1, 0.15) is 5.56 Å². The lowest BCUT2D eigenvalue weighted by atomic mass is 10.2. The van der Waals surface area contributed by atoms with E-state index in [1.165, 1.54) is 16.2 Å². The molecule has 1 nitrogen and oxygen atoms in total. The van der Waals surface area contributed by atoms with Crippen molar-refractivity contribution in [1.29, 1.82) is 0 Å². The fraction of sp³-hybridized carbons (Fsp3) is 0.0769. The predicted octanol–water partition coefficient (Wildman–Crippen LogP) is -1.49. The highest BCUT2D eigenvalue weighted by molar-refractivity contribution is 7.55. The van der Waals surface area contributed by atoms with Crippen molar-refractivity contribution in [2.45, 2.75) is 6.54 Å². The normalized spacial score (nSPS) is 10.3. The molecule has 0 spiro atoms. The summed E-state index contributed by atoms with van der Waals surface area (Å²) in [5.41, 5.74) is 6.84. The molecule has 1 unspecified atom stereocenters. The van der Waals surface area contributed by atoms with Crippen LogP contribution in [0.15, 0.2) is 54.6 Å². The Hall–Kier alpha value is -0.880. The minimum atomic E-state index is 0. The van der Waals surface area contributed by atoms with E-state index in [1.54, 1.807) is 0 Å². The number of hydrogen-bond donors (Lipinski definition) is 1. The van der Waals surface area contributed by atoms with Gasteiger partial charge in [0.05, 0.1) is 19.2 Å². The van der Waals surface area contributed by atoms with Crippen molar-refractivity contribution >= 4 is 19.2 Å². The molecule has 0 aliphatic rings. The van der Waals surface area contributed by atoms with Gasteiger partial charge in [-0.2, -0.15) is 0 Å². The van der Waals surface area contributed by atoms with Gasteiger partial charge in [0.1, 0.15) is 0 Å². The number of nitrogens with two attached hydrogens (primary N) is 1. The summed E-state index contributed by atoms with van der Waals surface area (Å²) in [5, 5.41) is 2.83. The summed E-state index contributed by atoms with van der Waals surface area (Å²) in [7, 11) is 0.200. The van der Waals surface area contributed by atoms with E-state index in [4.69, 9.17) is 5.73 Å². The van der Waals surface area contributed by atoms with Gasteiger partial charge in [0, 0.05) is 6.54 Å². The maximum absolute atomic E-state index is 5.62. The fourth-order valence-corrected chi connectivity index (χ4v) is 2.86. The molecular formula is C13H15ClNP. The molecule has 2 rings (SSSR count). The summed E-state index contributed by atoms with van der Waals surface area (Å²) in [5.74, 6) is 0. The van der Waals surface area contributed by atoms with Crippen LogP contribution in [-0.2, 0) is 6.54 Å². The molecule has 84 valence electrons.